The highest BCUT2D eigenvalue weighted by molar-refractivity contribution is 6.71. The first-order valence-corrected chi connectivity index (χ1v) is 14.3. The molecule has 5 nitrogen and oxygen atoms in total. The van der Waals surface area contributed by atoms with Crippen molar-refractivity contribution >= 4 is 28.6 Å². The normalized spacial score (nSPS) is 15.2. The first-order valence-electron chi connectivity index (χ1n) is 7.50. The Labute approximate surface area is 130 Å². The first-order chi connectivity index (χ1) is 9.39. The van der Waals surface area contributed by atoms with Gasteiger partial charge in [0.15, 0.2) is 14.4 Å². The standard InChI is InChI=1S/C14H30O5Si2/c1-9-11(14(16)19-21(6,7)8)17-13(15)12(10-2)18-20(3,4)5/h11-12H,9-10H2,1-8H3. The highest BCUT2D eigenvalue weighted by Crippen LogP contribution is 2.15. The zero-order chi connectivity index (χ0) is 16.8. The second-order valence-corrected chi connectivity index (χ2v) is 15.9. The lowest BCUT2D eigenvalue weighted by molar-refractivity contribution is -0.168. The summed E-state index contributed by atoms with van der Waals surface area (Å²) in [6, 6.07) is 0. The van der Waals surface area contributed by atoms with Crippen LogP contribution in [0.3, 0.4) is 0 Å². The lowest BCUT2D eigenvalue weighted by Gasteiger charge is -2.26. The molecule has 0 amide bonds. The third-order valence-electron chi connectivity index (χ3n) is 2.43. The van der Waals surface area contributed by atoms with Gasteiger partial charge >= 0.3 is 11.9 Å². The van der Waals surface area contributed by atoms with Gasteiger partial charge in [-0.3, -0.25) is 0 Å². The smallest absolute Gasteiger partial charge is 0.334 e. The predicted molar refractivity (Wildman–Crippen MR) is 88.1 cm³/mol. The van der Waals surface area contributed by atoms with Crippen LogP contribution in [0.4, 0.5) is 0 Å². The van der Waals surface area contributed by atoms with Crippen molar-refractivity contribution in [2.45, 2.75) is 78.2 Å². The summed E-state index contributed by atoms with van der Waals surface area (Å²) in [6.07, 6.45) is -0.518. The Morgan fingerprint density at radius 1 is 0.810 bits per heavy atom. The van der Waals surface area contributed by atoms with Gasteiger partial charge in [0.2, 0.25) is 8.32 Å². The Morgan fingerprint density at radius 2 is 1.29 bits per heavy atom. The van der Waals surface area contributed by atoms with Crippen LogP contribution in [0.15, 0.2) is 0 Å². The molecule has 0 bridgehead atoms. The van der Waals surface area contributed by atoms with Gasteiger partial charge in [-0.15, -0.1) is 0 Å². The second-order valence-electron chi connectivity index (χ2n) is 6.99. The molecule has 21 heavy (non-hydrogen) atoms. The van der Waals surface area contributed by atoms with Crippen LogP contribution in [0, 0.1) is 0 Å². The SMILES string of the molecule is CCC(OC(=O)C(CC)O[Si](C)(C)C)C(=O)O[Si](C)(C)C. The summed E-state index contributed by atoms with van der Waals surface area (Å²) in [7, 11) is -3.83. The van der Waals surface area contributed by atoms with E-state index < -0.39 is 40.8 Å². The Balaban J connectivity index is 4.73. The molecule has 0 spiro atoms. The third-order valence-corrected chi connectivity index (χ3v) is 4.23. The largest absolute Gasteiger partial charge is 0.517 e. The molecule has 0 radical (unpaired) electrons. The summed E-state index contributed by atoms with van der Waals surface area (Å²) in [5, 5.41) is 0. The van der Waals surface area contributed by atoms with Crippen molar-refractivity contribution in [3.63, 3.8) is 0 Å². The number of carbonyl (C=O) groups is 2. The molecule has 0 aliphatic carbocycles. The Bertz CT molecular complexity index is 357. The van der Waals surface area contributed by atoms with Crippen LogP contribution >= 0.6 is 0 Å². The van der Waals surface area contributed by atoms with E-state index in [4.69, 9.17) is 13.6 Å². The average molecular weight is 335 g/mol. The lowest BCUT2D eigenvalue weighted by Crippen LogP contribution is -2.42. The van der Waals surface area contributed by atoms with Crippen molar-refractivity contribution in [3.8, 4) is 0 Å². The van der Waals surface area contributed by atoms with E-state index in [-0.39, 0.29) is 0 Å². The van der Waals surface area contributed by atoms with E-state index in [9.17, 15) is 9.59 Å². The molecule has 0 rings (SSSR count). The quantitative estimate of drug-likeness (QED) is 0.503. The van der Waals surface area contributed by atoms with E-state index in [1.807, 2.05) is 46.2 Å². The third kappa shape index (κ3) is 9.05. The molecule has 0 saturated heterocycles. The zero-order valence-corrected chi connectivity index (χ0v) is 16.6. The number of ether oxygens (including phenoxy) is 1. The maximum absolute atomic E-state index is 12.2. The lowest BCUT2D eigenvalue weighted by atomic mass is 10.2. The topological polar surface area (TPSA) is 61.8 Å². The van der Waals surface area contributed by atoms with Crippen molar-refractivity contribution in [1.82, 2.24) is 0 Å². The molecule has 124 valence electrons. The van der Waals surface area contributed by atoms with E-state index in [0.29, 0.717) is 12.8 Å². The van der Waals surface area contributed by atoms with E-state index in [1.54, 1.807) is 6.92 Å². The van der Waals surface area contributed by atoms with Gasteiger partial charge in [-0.05, 0) is 52.1 Å². The average Bonchev–Trinajstić information content (AvgIpc) is 2.29. The molecule has 0 aromatic rings. The van der Waals surface area contributed by atoms with Gasteiger partial charge < -0.3 is 13.6 Å². The fourth-order valence-electron chi connectivity index (χ4n) is 1.61. The number of rotatable bonds is 8. The molecule has 2 atom stereocenters. The number of carbonyl (C=O) groups excluding carboxylic acids is 2. The van der Waals surface area contributed by atoms with E-state index >= 15 is 0 Å². The molecular formula is C14H30O5Si2. The molecule has 0 aromatic heterocycles. The van der Waals surface area contributed by atoms with Gasteiger partial charge in [0.1, 0.15) is 6.10 Å². The number of esters is 1. The Morgan fingerprint density at radius 3 is 1.62 bits per heavy atom. The maximum atomic E-state index is 12.2. The van der Waals surface area contributed by atoms with Gasteiger partial charge in [0, 0.05) is 0 Å². The summed E-state index contributed by atoms with van der Waals surface area (Å²) in [5.74, 6) is -0.924. The minimum atomic E-state index is -1.99. The van der Waals surface area contributed by atoms with Crippen LogP contribution in [-0.4, -0.2) is 40.8 Å². The summed E-state index contributed by atoms with van der Waals surface area (Å²) >= 11 is 0. The molecule has 2 unspecified atom stereocenters. The van der Waals surface area contributed by atoms with Crippen molar-refractivity contribution in [2.24, 2.45) is 0 Å². The number of hydrogen-bond acceptors (Lipinski definition) is 5. The molecule has 0 aliphatic heterocycles. The van der Waals surface area contributed by atoms with Crippen LogP contribution in [0.2, 0.25) is 39.3 Å². The van der Waals surface area contributed by atoms with Crippen LogP contribution in [-0.2, 0) is 23.2 Å². The molecule has 0 fully saturated rings. The molecule has 0 aliphatic rings. The van der Waals surface area contributed by atoms with Crippen molar-refractivity contribution in [2.75, 3.05) is 0 Å². The highest BCUT2D eigenvalue weighted by atomic mass is 28.4. The van der Waals surface area contributed by atoms with Gasteiger partial charge in [-0.25, -0.2) is 9.59 Å². The van der Waals surface area contributed by atoms with Gasteiger partial charge in [-0.2, -0.15) is 0 Å². The van der Waals surface area contributed by atoms with Crippen molar-refractivity contribution in [1.29, 1.82) is 0 Å². The fraction of sp³-hybridized carbons (Fsp3) is 0.857. The van der Waals surface area contributed by atoms with Gasteiger partial charge in [0.05, 0.1) is 0 Å². The van der Waals surface area contributed by atoms with E-state index in [0.717, 1.165) is 0 Å². The Kier molecular flexibility index (Phi) is 7.84. The van der Waals surface area contributed by atoms with Gasteiger partial charge in [0.25, 0.3) is 0 Å². The minimum absolute atomic E-state index is 0.401. The first kappa shape index (κ1) is 20.3. The summed E-state index contributed by atoms with van der Waals surface area (Å²) < 4.78 is 16.5. The molecular weight excluding hydrogens is 304 g/mol. The van der Waals surface area contributed by atoms with Gasteiger partial charge in [-0.1, -0.05) is 13.8 Å². The Hall–Kier alpha value is -0.666. The fourth-order valence-corrected chi connectivity index (χ4v) is 3.46. The van der Waals surface area contributed by atoms with E-state index in [2.05, 4.69) is 0 Å². The summed E-state index contributed by atoms with van der Waals surface area (Å²) in [6.45, 7) is 15.5. The maximum Gasteiger partial charge on any atom is 0.334 e. The molecule has 0 saturated carbocycles. The predicted octanol–water partition coefficient (Wildman–Crippen LogP) is 3.32. The zero-order valence-electron chi connectivity index (χ0n) is 14.6. The molecule has 0 heterocycles. The van der Waals surface area contributed by atoms with Crippen molar-refractivity contribution < 1.29 is 23.2 Å². The van der Waals surface area contributed by atoms with Crippen molar-refractivity contribution in [3.05, 3.63) is 0 Å². The van der Waals surface area contributed by atoms with Crippen LogP contribution < -0.4 is 0 Å². The molecule has 0 N–H and O–H groups in total. The second kappa shape index (κ2) is 8.09. The number of hydrogen-bond donors (Lipinski definition) is 0. The summed E-state index contributed by atoms with van der Waals surface area (Å²) in [5.41, 5.74) is 0. The minimum Gasteiger partial charge on any atom is -0.517 e. The molecule has 0 aromatic carbocycles. The van der Waals surface area contributed by atoms with Crippen LogP contribution in [0.1, 0.15) is 26.7 Å². The highest BCUT2D eigenvalue weighted by Gasteiger charge is 2.32. The van der Waals surface area contributed by atoms with Crippen LogP contribution in [0.5, 0.6) is 0 Å². The van der Waals surface area contributed by atoms with E-state index in [1.165, 1.54) is 0 Å². The summed E-state index contributed by atoms with van der Waals surface area (Å²) in [4.78, 5) is 24.2. The monoisotopic (exact) mass is 334 g/mol. The van der Waals surface area contributed by atoms with Crippen LogP contribution in [0.25, 0.3) is 0 Å². The molecule has 7 heteroatoms.